The molecule has 0 saturated heterocycles. The number of anilines is 1. The van der Waals surface area contributed by atoms with Gasteiger partial charge in [0.1, 0.15) is 6.04 Å². The smallest absolute Gasteiger partial charge is 0.246 e. The Labute approximate surface area is 102 Å². The number of hydrogen-bond donors (Lipinski definition) is 2. The van der Waals surface area contributed by atoms with Crippen LogP contribution in [-0.4, -0.2) is 11.9 Å². The van der Waals surface area contributed by atoms with E-state index in [1.165, 1.54) is 24.8 Å². The molecule has 1 atom stereocenters. The minimum atomic E-state index is -0.143. The summed E-state index contributed by atoms with van der Waals surface area (Å²) in [6.45, 7) is 4.12. The molecule has 0 radical (unpaired) electrons. The van der Waals surface area contributed by atoms with Crippen molar-refractivity contribution in [1.29, 1.82) is 0 Å². The zero-order chi connectivity index (χ0) is 12.0. The molecule has 1 aromatic carbocycles. The molecule has 1 saturated carbocycles. The normalized spacial score (nSPS) is 23.2. The first-order chi connectivity index (χ1) is 8.16. The summed E-state index contributed by atoms with van der Waals surface area (Å²) in [5, 5.41) is 6.49. The number of aryl methyl sites for hydroxylation is 2. The quantitative estimate of drug-likeness (QED) is 0.819. The molecule has 90 valence electrons. The second kappa shape index (κ2) is 3.84. The van der Waals surface area contributed by atoms with Crippen LogP contribution in [0.4, 0.5) is 5.69 Å². The summed E-state index contributed by atoms with van der Waals surface area (Å²) in [5.41, 5.74) is 4.52. The Morgan fingerprint density at radius 1 is 1.24 bits per heavy atom. The van der Waals surface area contributed by atoms with Crippen molar-refractivity contribution in [3.05, 3.63) is 28.8 Å². The van der Waals surface area contributed by atoms with E-state index in [0.717, 1.165) is 16.8 Å². The van der Waals surface area contributed by atoms with Crippen molar-refractivity contribution in [1.82, 2.24) is 5.32 Å². The summed E-state index contributed by atoms with van der Waals surface area (Å²) < 4.78 is 0. The number of rotatable bonds is 2. The van der Waals surface area contributed by atoms with Gasteiger partial charge in [0.25, 0.3) is 0 Å². The maximum Gasteiger partial charge on any atom is 0.246 e. The molecule has 3 nitrogen and oxygen atoms in total. The lowest BCUT2D eigenvalue weighted by molar-refractivity contribution is -0.118. The molecular formula is C14H18N2O. The molecule has 0 spiro atoms. The molecule has 3 heteroatoms. The van der Waals surface area contributed by atoms with Gasteiger partial charge in [-0.15, -0.1) is 0 Å². The van der Waals surface area contributed by atoms with E-state index in [1.807, 2.05) is 6.92 Å². The summed E-state index contributed by atoms with van der Waals surface area (Å²) in [6, 6.07) is 4.55. The number of benzene rings is 1. The van der Waals surface area contributed by atoms with Crippen LogP contribution in [-0.2, 0) is 4.79 Å². The number of hydrogen-bond acceptors (Lipinski definition) is 2. The molecule has 1 fully saturated rings. The number of amides is 1. The maximum absolute atomic E-state index is 12.0. The number of carbonyl (C=O) groups excluding carboxylic acids is 1. The molecule has 1 heterocycles. The summed E-state index contributed by atoms with van der Waals surface area (Å²) in [7, 11) is 0. The first-order valence-electron chi connectivity index (χ1n) is 6.34. The van der Waals surface area contributed by atoms with Crippen LogP contribution in [0, 0.1) is 13.8 Å². The fraction of sp³-hybridized carbons (Fsp3) is 0.500. The Morgan fingerprint density at radius 2 is 1.94 bits per heavy atom. The van der Waals surface area contributed by atoms with Crippen molar-refractivity contribution in [2.45, 2.75) is 45.2 Å². The highest BCUT2D eigenvalue weighted by molar-refractivity contribution is 6.03. The minimum Gasteiger partial charge on any atom is -0.324 e. The van der Waals surface area contributed by atoms with Gasteiger partial charge in [-0.1, -0.05) is 18.6 Å². The minimum absolute atomic E-state index is 0.101. The summed E-state index contributed by atoms with van der Waals surface area (Å²) >= 11 is 0. The van der Waals surface area contributed by atoms with Crippen LogP contribution < -0.4 is 10.6 Å². The lowest BCUT2D eigenvalue weighted by atomic mass is 9.91. The van der Waals surface area contributed by atoms with Crippen LogP contribution in [0.2, 0.25) is 0 Å². The number of nitrogens with one attached hydrogen (secondary N) is 2. The monoisotopic (exact) mass is 230 g/mol. The van der Waals surface area contributed by atoms with Gasteiger partial charge in [0.2, 0.25) is 5.91 Å². The fourth-order valence-corrected chi connectivity index (χ4v) is 2.67. The largest absolute Gasteiger partial charge is 0.324 e. The van der Waals surface area contributed by atoms with Gasteiger partial charge < -0.3 is 5.32 Å². The van der Waals surface area contributed by atoms with Gasteiger partial charge in [0, 0.05) is 17.3 Å². The van der Waals surface area contributed by atoms with Gasteiger partial charge in [-0.25, -0.2) is 0 Å². The molecule has 1 amide bonds. The number of carbonyl (C=O) groups is 1. The highest BCUT2D eigenvalue weighted by Crippen LogP contribution is 2.37. The van der Waals surface area contributed by atoms with Crippen LogP contribution in [0.5, 0.6) is 0 Å². The van der Waals surface area contributed by atoms with E-state index in [2.05, 4.69) is 29.7 Å². The molecular weight excluding hydrogens is 212 g/mol. The molecule has 3 rings (SSSR count). The standard InChI is InChI=1S/C14H18N2O/c1-8-6-7-9(2)12-11(8)13(14(17)16-12)15-10-4-3-5-10/h6-7,10,13,15H,3-5H2,1-2H3,(H,16,17). The molecule has 0 aromatic heterocycles. The van der Waals surface area contributed by atoms with Crippen LogP contribution in [0.25, 0.3) is 0 Å². The summed E-state index contributed by atoms with van der Waals surface area (Å²) in [6.07, 6.45) is 3.68. The first kappa shape index (κ1) is 10.8. The Bertz CT molecular complexity index is 477. The second-order valence-corrected chi connectivity index (χ2v) is 5.20. The zero-order valence-corrected chi connectivity index (χ0v) is 10.3. The van der Waals surface area contributed by atoms with Crippen molar-refractivity contribution in [2.24, 2.45) is 0 Å². The average Bonchev–Trinajstić information content (AvgIpc) is 2.56. The highest BCUT2D eigenvalue weighted by atomic mass is 16.2. The van der Waals surface area contributed by atoms with E-state index in [9.17, 15) is 4.79 Å². The average molecular weight is 230 g/mol. The van der Waals surface area contributed by atoms with E-state index in [1.54, 1.807) is 0 Å². The number of fused-ring (bicyclic) bond motifs is 1. The van der Waals surface area contributed by atoms with E-state index >= 15 is 0 Å². The molecule has 1 aliphatic heterocycles. The van der Waals surface area contributed by atoms with Gasteiger partial charge in [0.05, 0.1) is 0 Å². The second-order valence-electron chi connectivity index (χ2n) is 5.20. The molecule has 1 aliphatic carbocycles. The van der Waals surface area contributed by atoms with E-state index < -0.39 is 0 Å². The van der Waals surface area contributed by atoms with Gasteiger partial charge in [-0.2, -0.15) is 0 Å². The Balaban J connectivity index is 1.96. The molecule has 2 aliphatic rings. The van der Waals surface area contributed by atoms with Gasteiger partial charge in [-0.05, 0) is 37.8 Å². The molecule has 0 bridgehead atoms. The van der Waals surface area contributed by atoms with Gasteiger partial charge in [-0.3, -0.25) is 10.1 Å². The van der Waals surface area contributed by atoms with Crippen molar-refractivity contribution >= 4 is 11.6 Å². The lowest BCUT2D eigenvalue weighted by Crippen LogP contribution is -2.40. The van der Waals surface area contributed by atoms with Crippen molar-refractivity contribution in [3.63, 3.8) is 0 Å². The molecule has 1 aromatic rings. The van der Waals surface area contributed by atoms with Gasteiger partial charge >= 0.3 is 0 Å². The topological polar surface area (TPSA) is 41.1 Å². The first-order valence-corrected chi connectivity index (χ1v) is 6.34. The third-order valence-corrected chi connectivity index (χ3v) is 3.98. The van der Waals surface area contributed by atoms with Crippen molar-refractivity contribution in [3.8, 4) is 0 Å². The lowest BCUT2D eigenvalue weighted by Gasteiger charge is -2.29. The van der Waals surface area contributed by atoms with Crippen molar-refractivity contribution in [2.75, 3.05) is 5.32 Å². The Kier molecular flexibility index (Phi) is 2.44. The third kappa shape index (κ3) is 1.65. The predicted octanol–water partition coefficient (Wildman–Crippen LogP) is 2.44. The summed E-state index contributed by atoms with van der Waals surface area (Å²) in [5.74, 6) is 0.101. The van der Waals surface area contributed by atoms with Crippen LogP contribution in [0.15, 0.2) is 12.1 Å². The van der Waals surface area contributed by atoms with Crippen LogP contribution in [0.1, 0.15) is 42.0 Å². The molecule has 2 N–H and O–H groups in total. The Morgan fingerprint density at radius 3 is 2.59 bits per heavy atom. The SMILES string of the molecule is Cc1ccc(C)c2c1NC(=O)C2NC1CCC1. The Hall–Kier alpha value is -1.35. The van der Waals surface area contributed by atoms with Crippen LogP contribution in [0.3, 0.4) is 0 Å². The fourth-order valence-electron chi connectivity index (χ4n) is 2.67. The third-order valence-electron chi connectivity index (χ3n) is 3.98. The molecule has 17 heavy (non-hydrogen) atoms. The molecule has 1 unspecified atom stereocenters. The van der Waals surface area contributed by atoms with E-state index in [4.69, 9.17) is 0 Å². The van der Waals surface area contributed by atoms with Crippen molar-refractivity contribution < 1.29 is 4.79 Å². The predicted molar refractivity (Wildman–Crippen MR) is 68.1 cm³/mol. The zero-order valence-electron chi connectivity index (χ0n) is 10.3. The van der Waals surface area contributed by atoms with Crippen LogP contribution >= 0.6 is 0 Å². The van der Waals surface area contributed by atoms with E-state index in [0.29, 0.717) is 6.04 Å². The van der Waals surface area contributed by atoms with E-state index in [-0.39, 0.29) is 11.9 Å². The van der Waals surface area contributed by atoms with Gasteiger partial charge in [0.15, 0.2) is 0 Å². The summed E-state index contributed by atoms with van der Waals surface area (Å²) in [4.78, 5) is 12.0. The maximum atomic E-state index is 12.0. The highest BCUT2D eigenvalue weighted by Gasteiger charge is 2.35.